The number of aliphatic carboxylic acids is 1. The molecule has 3 unspecified atom stereocenters. The first kappa shape index (κ1) is 147. The molecule has 0 saturated heterocycles. The van der Waals surface area contributed by atoms with Gasteiger partial charge >= 0.3 is 5.97 Å². The van der Waals surface area contributed by atoms with Gasteiger partial charge in [0.2, 0.25) is 70.9 Å². The number of nitrogens with one attached hydrogen (secondary N) is 11. The molecule has 12 amide bonds. The van der Waals surface area contributed by atoms with E-state index in [1.807, 2.05) is 201 Å². The molecule has 46 N–H and O–H groups in total. The maximum atomic E-state index is 11.6. The Kier molecular flexibility index (Phi) is 73.6. The first-order chi connectivity index (χ1) is 57.9. The van der Waals surface area contributed by atoms with Crippen LogP contribution in [-0.2, 0) is 62.3 Å². The molecule has 0 saturated carbocycles. The molecule has 788 valence electrons. The van der Waals surface area contributed by atoms with E-state index < -0.39 is 112 Å². The van der Waals surface area contributed by atoms with Gasteiger partial charge in [-0.3, -0.25) is 57.5 Å². The fourth-order valence-corrected chi connectivity index (χ4v) is 7.59. The van der Waals surface area contributed by atoms with Gasteiger partial charge in [-0.25, -0.2) is 4.79 Å². The van der Waals surface area contributed by atoms with Crippen molar-refractivity contribution in [1.82, 2.24) is 58.5 Å². The quantitative estimate of drug-likeness (QED) is 0.0383. The Morgan fingerprint density at radius 1 is 0.318 bits per heavy atom. The average Bonchev–Trinajstić information content (AvgIpc) is 0.865. The van der Waals surface area contributed by atoms with Gasteiger partial charge in [0, 0.05) is 99.6 Å². The second-order valence-corrected chi connectivity index (χ2v) is 44.1. The molecule has 0 aromatic carbocycles. The summed E-state index contributed by atoms with van der Waals surface area (Å²) >= 11 is 0. The Balaban J connectivity index is -0.000000136. The van der Waals surface area contributed by atoms with Crippen LogP contribution in [0.1, 0.15) is 283 Å². The lowest BCUT2D eigenvalue weighted by atomic mass is 9.94. The van der Waals surface area contributed by atoms with Crippen LogP contribution in [0.2, 0.25) is 0 Å². The Hall–Kier alpha value is -7.65. The van der Waals surface area contributed by atoms with Gasteiger partial charge in [-0.2, -0.15) is 0 Å². The van der Waals surface area contributed by atoms with Gasteiger partial charge in [-0.05, 0) is 269 Å². The average molecular weight is 1910 g/mol. The van der Waals surface area contributed by atoms with Gasteiger partial charge in [-0.1, -0.05) is 13.8 Å². The van der Waals surface area contributed by atoms with Gasteiger partial charge in [0.25, 0.3) is 0 Å². The van der Waals surface area contributed by atoms with Crippen LogP contribution in [0.25, 0.3) is 0 Å². The molecule has 0 heterocycles. The minimum Gasteiger partial charge on any atom is -0.480 e. The van der Waals surface area contributed by atoms with E-state index in [-0.39, 0.29) is 155 Å². The van der Waals surface area contributed by atoms with Gasteiger partial charge < -0.3 is 175 Å². The lowest BCUT2D eigenvalue weighted by molar-refractivity contribution is -0.143. The molecule has 0 bridgehead atoms. The van der Waals surface area contributed by atoms with Crippen molar-refractivity contribution in [2.75, 3.05) is 46.0 Å². The second kappa shape index (κ2) is 65.9. The van der Waals surface area contributed by atoms with Crippen molar-refractivity contribution >= 4 is 76.9 Å². The molecule has 0 aliphatic heterocycles. The van der Waals surface area contributed by atoms with E-state index in [1.165, 1.54) is 34.6 Å². The number of carboxylic acids is 1. The number of carbonyl (C=O) groups excluding carboxylic acids is 12. The van der Waals surface area contributed by atoms with Gasteiger partial charge in [0.15, 0.2) is 12.1 Å². The third kappa shape index (κ3) is 99.8. The van der Waals surface area contributed by atoms with E-state index in [9.17, 15) is 67.4 Å². The first-order valence-electron chi connectivity index (χ1n) is 43.5. The Labute approximate surface area is 790 Å². The van der Waals surface area contributed by atoms with Crippen LogP contribution in [0.3, 0.4) is 0 Å². The number of hydrogen-bond acceptors (Lipinski definition) is 32. The maximum absolute atomic E-state index is 11.6. The predicted molar refractivity (Wildman–Crippen MR) is 524 cm³/mol. The van der Waals surface area contributed by atoms with Crippen LogP contribution in [0.5, 0.6) is 0 Å². The van der Waals surface area contributed by atoms with E-state index in [0.29, 0.717) is 12.5 Å². The van der Waals surface area contributed by atoms with Crippen molar-refractivity contribution in [3.05, 3.63) is 0 Å². The third-order valence-corrected chi connectivity index (χ3v) is 14.3. The number of carboxylic acid groups (broad SMARTS) is 1. The van der Waals surface area contributed by atoms with Crippen LogP contribution in [0.4, 0.5) is 0 Å². The van der Waals surface area contributed by atoms with E-state index in [0.717, 1.165) is 0 Å². The first-order valence-corrected chi connectivity index (χ1v) is 43.5. The fraction of sp³-hybridized carbons (Fsp3) is 0.851. The minimum atomic E-state index is -1.48. The molecule has 13 atom stereocenters. The monoisotopic (exact) mass is 1910 g/mol. The number of carbonyl (C=O) groups is 13. The number of rotatable bonds is 25. The maximum Gasteiger partial charge on any atom is 0.330 e. The fourth-order valence-electron chi connectivity index (χ4n) is 7.59. The highest BCUT2D eigenvalue weighted by Gasteiger charge is 2.34. The zero-order valence-corrected chi connectivity index (χ0v) is 88.2. The molecular formula is C87H195N25O20. The van der Waals surface area contributed by atoms with E-state index >= 15 is 0 Å². The Morgan fingerprint density at radius 3 is 0.773 bits per heavy atom. The van der Waals surface area contributed by atoms with Crippen molar-refractivity contribution in [1.29, 1.82) is 0 Å². The summed E-state index contributed by atoms with van der Waals surface area (Å²) in [5.41, 5.74) is 68.7. The van der Waals surface area contributed by atoms with Crippen molar-refractivity contribution in [2.45, 2.75) is 416 Å². The number of aliphatic hydroxyl groups excluding tert-OH is 5. The molecule has 45 nitrogen and oxygen atoms in total. The lowest BCUT2D eigenvalue weighted by Crippen LogP contribution is -2.58. The summed E-state index contributed by atoms with van der Waals surface area (Å²) in [7, 11) is 0. The molecule has 45 heteroatoms. The van der Waals surface area contributed by atoms with Crippen LogP contribution in [-0.4, -0.2) is 291 Å². The van der Waals surface area contributed by atoms with Gasteiger partial charge in [0.1, 0.15) is 23.7 Å². The van der Waals surface area contributed by atoms with Crippen LogP contribution < -0.4 is 139 Å². The summed E-state index contributed by atoms with van der Waals surface area (Å²) in [6.45, 7) is 73.4. The zero-order valence-electron chi connectivity index (χ0n) is 88.2. The summed E-state index contributed by atoms with van der Waals surface area (Å²) in [5.74, 6) is -5.57. The molecule has 0 aromatic rings. The molecule has 0 aliphatic rings. The van der Waals surface area contributed by atoms with E-state index in [2.05, 4.69) is 58.5 Å². The standard InChI is InChI=1S/C10H22N2O.C9H20N2O2.5C8H18N2O2.C7H15N3O2.2C7H17N3O.C7H14N2O3/c1-7(2)8(6-11)9(13)12-10(3,4)5;1-8(2,3)11-7(12)6(10)9(4,5)13;1-7(2,3)10-6(12)8(4,9)5-11;1-8(2,3)10-7(12)6(4-9)5-11;1-8(2,3)10-7(12)4-6(9)5-11;2*1-5(11)6(9)7(12)10-8(2,3)4;1-7(2,3)10-6(12)4(8)5(9)11;2*1-7(2,3)10-6(11)5(9)4-8;1-7(2,3)9-5(10)4(8)6(11)12/h7-8H,6,11H2,1-5H3,(H,12,13);6,13H,10H2,1-5H3,(H,11,12);11H,5,9H2,1-4H3,(H,10,12);2*6,11H,4-5,9H2,1-3H3,(H,10,12);2*5-6,11H,9H2,1-4H3,(H,10,12);4H,8H2,1-3H3,(H2,9,11)(H,10,12);2*5H,4,8-9H2,1-3H3,(H,10,11);4H,8H2,1-3H3,(H,9,10)(H,11,12)/t;6-;8-;2*6-;5-,6+;5-,6-;;2*5-;/m.101010.10./s1. The summed E-state index contributed by atoms with van der Waals surface area (Å²) in [6.07, 6.45) is -1.45. The summed E-state index contributed by atoms with van der Waals surface area (Å²) in [6, 6.07) is -6.95. The van der Waals surface area contributed by atoms with Crippen LogP contribution >= 0.6 is 0 Å². The predicted octanol–water partition coefficient (Wildman–Crippen LogP) is -4.56. The number of amides is 12. The molecule has 0 aromatic heterocycles. The molecular weight excluding hydrogens is 1720 g/mol. The van der Waals surface area contributed by atoms with E-state index in [4.69, 9.17) is 111 Å². The molecule has 132 heavy (non-hydrogen) atoms. The van der Waals surface area contributed by atoms with Crippen LogP contribution in [0.15, 0.2) is 0 Å². The topological polar surface area (TPSA) is 860 Å². The van der Waals surface area contributed by atoms with Gasteiger partial charge in [0.05, 0.1) is 61.5 Å². The molecule has 0 fully saturated rings. The van der Waals surface area contributed by atoms with Crippen molar-refractivity contribution in [3.63, 3.8) is 0 Å². The summed E-state index contributed by atoms with van der Waals surface area (Å²) in [5, 5.41) is 91.6. The number of hydrogen-bond donors (Lipinski definition) is 32. The van der Waals surface area contributed by atoms with Crippen LogP contribution in [0, 0.1) is 17.8 Å². The summed E-state index contributed by atoms with van der Waals surface area (Å²) < 4.78 is 0. The van der Waals surface area contributed by atoms with E-state index in [1.54, 1.807) is 41.5 Å². The number of primary amides is 1. The largest absolute Gasteiger partial charge is 0.480 e. The molecule has 0 rings (SSSR count). The van der Waals surface area contributed by atoms with Crippen molar-refractivity contribution < 1.29 is 98.1 Å². The second-order valence-electron chi connectivity index (χ2n) is 44.1. The SMILES string of the molecule is CC(C)(C)NC(=O)C(N)C(=O)O.CC(C)(C)NC(=O)C(N)C(N)=O.CC(C)(C)NC(=O)C[C@H](N)CO.CC(C)(C)NC(=O)[C@@H](N)C(C)(C)O.CC(C)(C)NC(=O)[C@@H](N)CN.CC(C)(C)NC(=O)[C@@](C)(N)CO.CC(C)(C)NC(=O)[C@H](CN)CO.CC(C)(C)NC(=O)[C@H](N)CN.CC(C)C(CN)C(=O)NC(C)(C)C.C[C@@H](O)[C@H](N)C(=O)NC(C)(C)C.C[C@H](O)[C@H](N)C(=O)NC(C)(C)C. The highest BCUT2D eigenvalue weighted by molar-refractivity contribution is 6.03. The third-order valence-electron chi connectivity index (χ3n) is 14.3. The highest BCUT2D eigenvalue weighted by Crippen LogP contribution is 2.14. The Morgan fingerprint density at radius 2 is 0.568 bits per heavy atom. The highest BCUT2D eigenvalue weighted by atomic mass is 16.4. The zero-order chi connectivity index (χ0) is 109. The Bertz CT molecular complexity index is 3120. The molecule has 0 spiro atoms. The molecule has 0 radical (unpaired) electrons. The smallest absolute Gasteiger partial charge is 0.330 e. The van der Waals surface area contributed by atoms with Gasteiger partial charge in [-0.15, -0.1) is 0 Å². The molecule has 0 aliphatic carbocycles. The lowest BCUT2D eigenvalue weighted by Gasteiger charge is -2.28. The number of nitrogens with two attached hydrogens (primary N) is 14. The number of aliphatic hydroxyl groups is 6. The normalized spacial score (nSPS) is 14.9. The summed E-state index contributed by atoms with van der Waals surface area (Å²) in [4.78, 5) is 144. The van der Waals surface area contributed by atoms with Crippen molar-refractivity contribution in [3.8, 4) is 0 Å². The minimum absolute atomic E-state index is 0.0602. The van der Waals surface area contributed by atoms with Crippen molar-refractivity contribution in [2.24, 2.45) is 98.0 Å².